The first-order valence-corrected chi connectivity index (χ1v) is 10.2. The van der Waals surface area contributed by atoms with Gasteiger partial charge in [-0.25, -0.2) is 25.9 Å². The highest BCUT2D eigenvalue weighted by Crippen LogP contribution is 2.14. The van der Waals surface area contributed by atoms with Crippen LogP contribution in [0.1, 0.15) is 19.8 Å². The van der Waals surface area contributed by atoms with Crippen molar-refractivity contribution in [3.8, 4) is 0 Å². The summed E-state index contributed by atoms with van der Waals surface area (Å²) in [5.41, 5.74) is 0. The van der Waals surface area contributed by atoms with Gasteiger partial charge in [-0.1, -0.05) is 6.92 Å². The number of nitrogens with zero attached hydrogens (tertiary/aromatic N) is 1. The van der Waals surface area contributed by atoms with Crippen molar-refractivity contribution in [2.75, 3.05) is 31.0 Å². The zero-order chi connectivity index (χ0) is 14.7. The van der Waals surface area contributed by atoms with Crippen LogP contribution in [0.25, 0.3) is 0 Å². The summed E-state index contributed by atoms with van der Waals surface area (Å²) >= 11 is 5.60. The van der Waals surface area contributed by atoms with Crippen LogP contribution >= 0.6 is 11.6 Å². The van der Waals surface area contributed by atoms with E-state index in [1.54, 1.807) is 6.92 Å². The third kappa shape index (κ3) is 5.95. The maximum absolute atomic E-state index is 11.8. The van der Waals surface area contributed by atoms with E-state index in [0.717, 1.165) is 0 Å². The summed E-state index contributed by atoms with van der Waals surface area (Å²) in [5, 5.41) is 0. The largest absolute Gasteiger partial charge is 0.213 e. The van der Waals surface area contributed by atoms with Crippen molar-refractivity contribution in [2.24, 2.45) is 5.92 Å². The van der Waals surface area contributed by atoms with Gasteiger partial charge in [0.15, 0.2) is 0 Å². The zero-order valence-corrected chi connectivity index (χ0v) is 13.6. The number of hydrogen-bond donors (Lipinski definition) is 1. The molecule has 0 amide bonds. The van der Waals surface area contributed by atoms with Crippen molar-refractivity contribution >= 4 is 31.6 Å². The maximum Gasteiger partial charge on any atom is 0.212 e. The van der Waals surface area contributed by atoms with Crippen LogP contribution in [0.5, 0.6) is 0 Å². The van der Waals surface area contributed by atoms with Crippen molar-refractivity contribution in [3.63, 3.8) is 0 Å². The summed E-state index contributed by atoms with van der Waals surface area (Å²) in [6.07, 6.45) is 2.17. The fourth-order valence-corrected chi connectivity index (χ4v) is 4.85. The fourth-order valence-electron chi connectivity index (χ4n) is 2.03. The van der Waals surface area contributed by atoms with Gasteiger partial charge in [-0.15, -0.1) is 11.6 Å². The van der Waals surface area contributed by atoms with Crippen molar-refractivity contribution in [3.05, 3.63) is 0 Å². The number of alkyl halides is 1. The molecule has 19 heavy (non-hydrogen) atoms. The van der Waals surface area contributed by atoms with Crippen LogP contribution < -0.4 is 4.72 Å². The number of sulfonamides is 2. The molecule has 1 aliphatic heterocycles. The quantitative estimate of drug-likeness (QED) is 0.704. The lowest BCUT2D eigenvalue weighted by Gasteiger charge is -2.30. The van der Waals surface area contributed by atoms with Gasteiger partial charge in [-0.05, 0) is 18.8 Å². The average molecular weight is 333 g/mol. The highest BCUT2D eigenvalue weighted by atomic mass is 35.5. The van der Waals surface area contributed by atoms with Crippen LogP contribution in [-0.4, -0.2) is 58.2 Å². The fraction of sp³-hybridized carbons (Fsp3) is 1.00. The lowest BCUT2D eigenvalue weighted by atomic mass is 10.1. The number of halogens is 1. The summed E-state index contributed by atoms with van der Waals surface area (Å²) in [6, 6.07) is -0.189. The molecule has 1 unspecified atom stereocenters. The Morgan fingerprint density at radius 3 is 2.21 bits per heavy atom. The van der Waals surface area contributed by atoms with Crippen molar-refractivity contribution in [1.82, 2.24) is 9.03 Å². The second kappa shape index (κ2) is 6.71. The molecule has 1 N–H and O–H groups in total. The van der Waals surface area contributed by atoms with E-state index >= 15 is 0 Å². The van der Waals surface area contributed by atoms with E-state index in [4.69, 9.17) is 11.6 Å². The Balaban J connectivity index is 2.49. The predicted octanol–water partition coefficient (Wildman–Crippen LogP) is 0.205. The molecule has 1 heterocycles. The van der Waals surface area contributed by atoms with Gasteiger partial charge in [0.05, 0.1) is 12.0 Å². The molecule has 1 atom stereocenters. The van der Waals surface area contributed by atoms with Crippen molar-refractivity contribution in [2.45, 2.75) is 25.8 Å². The maximum atomic E-state index is 11.8. The van der Waals surface area contributed by atoms with E-state index in [9.17, 15) is 16.8 Å². The van der Waals surface area contributed by atoms with Crippen LogP contribution in [0.4, 0.5) is 0 Å². The van der Waals surface area contributed by atoms with E-state index < -0.39 is 20.0 Å². The molecule has 1 fully saturated rings. The summed E-state index contributed by atoms with van der Waals surface area (Å²) in [5.74, 6) is 0.200. The molecule has 6 nitrogen and oxygen atoms in total. The Morgan fingerprint density at radius 1 is 1.26 bits per heavy atom. The zero-order valence-electron chi connectivity index (χ0n) is 11.2. The Bertz CT molecular complexity index is 484. The lowest BCUT2D eigenvalue weighted by molar-refractivity contribution is 0.310. The number of rotatable bonds is 6. The first-order valence-electron chi connectivity index (χ1n) is 6.15. The van der Waals surface area contributed by atoms with Gasteiger partial charge in [0.1, 0.15) is 0 Å². The van der Waals surface area contributed by atoms with Crippen molar-refractivity contribution in [1.29, 1.82) is 0 Å². The molecule has 0 radical (unpaired) electrons. The van der Waals surface area contributed by atoms with E-state index in [2.05, 4.69) is 4.72 Å². The van der Waals surface area contributed by atoms with E-state index in [-0.39, 0.29) is 17.7 Å². The summed E-state index contributed by atoms with van der Waals surface area (Å²) in [6.45, 7) is 2.49. The molecular weight excluding hydrogens is 312 g/mol. The van der Waals surface area contributed by atoms with Crippen molar-refractivity contribution < 1.29 is 16.8 Å². The van der Waals surface area contributed by atoms with Gasteiger partial charge in [0.25, 0.3) is 0 Å². The summed E-state index contributed by atoms with van der Waals surface area (Å²) in [7, 11) is -6.53. The Kier molecular flexibility index (Phi) is 6.06. The molecule has 1 saturated heterocycles. The van der Waals surface area contributed by atoms with Crippen LogP contribution in [0, 0.1) is 5.92 Å². The first kappa shape index (κ1) is 17.2. The number of hydrogen-bond acceptors (Lipinski definition) is 4. The van der Waals surface area contributed by atoms with Gasteiger partial charge in [0.2, 0.25) is 20.0 Å². The minimum absolute atomic E-state index is 0.00277. The molecule has 0 bridgehead atoms. The Hall–Kier alpha value is 0.110. The van der Waals surface area contributed by atoms with Gasteiger partial charge >= 0.3 is 0 Å². The standard InChI is InChI=1S/C10H21ClN2O4S2/c1-9(7-11)8-19(16,17)12-10-3-5-13(6-4-10)18(2,14)15/h9-10,12H,3-8H2,1-2H3. The van der Waals surface area contributed by atoms with Gasteiger partial charge in [-0.2, -0.15) is 0 Å². The van der Waals surface area contributed by atoms with Gasteiger partial charge in [0, 0.05) is 25.0 Å². The van der Waals surface area contributed by atoms with E-state index in [1.165, 1.54) is 10.6 Å². The molecular formula is C10H21ClN2O4S2. The summed E-state index contributed by atoms with van der Waals surface area (Å²) < 4.78 is 50.4. The van der Waals surface area contributed by atoms with Crippen LogP contribution in [0.3, 0.4) is 0 Å². The van der Waals surface area contributed by atoms with E-state index in [0.29, 0.717) is 31.8 Å². The predicted molar refractivity (Wildman–Crippen MR) is 76.2 cm³/mol. The Labute approximate surface area is 120 Å². The third-order valence-corrected chi connectivity index (χ3v) is 6.57. The molecule has 0 aromatic heterocycles. The minimum Gasteiger partial charge on any atom is -0.213 e. The molecule has 0 aromatic carbocycles. The average Bonchev–Trinajstić information content (AvgIpc) is 2.27. The molecule has 0 saturated carbocycles. The smallest absolute Gasteiger partial charge is 0.212 e. The minimum atomic E-state index is -3.35. The SMILES string of the molecule is CC(CCl)CS(=O)(=O)NC1CCN(S(C)(=O)=O)CC1. The van der Waals surface area contributed by atoms with E-state index in [1.807, 2.05) is 0 Å². The topological polar surface area (TPSA) is 83.6 Å². The second-order valence-corrected chi connectivity index (χ2v) is 9.18. The Morgan fingerprint density at radius 2 is 1.79 bits per heavy atom. The normalized spacial score (nSPS) is 21.4. The molecule has 1 rings (SSSR count). The van der Waals surface area contributed by atoms with Crippen LogP contribution in [0.15, 0.2) is 0 Å². The third-order valence-electron chi connectivity index (χ3n) is 3.04. The van der Waals surface area contributed by atoms with Gasteiger partial charge in [-0.3, -0.25) is 0 Å². The van der Waals surface area contributed by atoms with Crippen LogP contribution in [0.2, 0.25) is 0 Å². The molecule has 1 aliphatic rings. The second-order valence-electron chi connectivity index (χ2n) is 5.10. The summed E-state index contributed by atoms with van der Waals surface area (Å²) in [4.78, 5) is 0. The molecule has 114 valence electrons. The molecule has 0 spiro atoms. The highest BCUT2D eigenvalue weighted by molar-refractivity contribution is 7.89. The van der Waals surface area contributed by atoms with Gasteiger partial charge < -0.3 is 0 Å². The number of nitrogens with one attached hydrogen (secondary N) is 1. The molecule has 0 aromatic rings. The molecule has 0 aliphatic carbocycles. The highest BCUT2D eigenvalue weighted by Gasteiger charge is 2.27. The first-order chi connectivity index (χ1) is 8.64. The number of piperidine rings is 1. The molecule has 9 heteroatoms. The monoisotopic (exact) mass is 332 g/mol. The lowest BCUT2D eigenvalue weighted by Crippen LogP contribution is -2.47. The van der Waals surface area contributed by atoms with Crippen LogP contribution in [-0.2, 0) is 20.0 Å².